The molecule has 0 unspecified atom stereocenters. The van der Waals surface area contributed by atoms with Gasteiger partial charge in [0.2, 0.25) is 11.2 Å². The molecular weight excluding hydrogens is 735 g/mol. The number of hydrogen-bond acceptors (Lipinski definition) is 11. The Balaban J connectivity index is 1.13. The molecule has 0 aliphatic carbocycles. The Morgan fingerprint density at radius 3 is 2.18 bits per heavy atom. The Morgan fingerprint density at radius 1 is 0.982 bits per heavy atom. The summed E-state index contributed by atoms with van der Waals surface area (Å²) in [5.74, 6) is -1.22. The van der Waals surface area contributed by atoms with Gasteiger partial charge in [-0.15, -0.1) is 23.1 Å². The molecule has 55 heavy (non-hydrogen) atoms. The monoisotopic (exact) mass is 771 g/mol. The van der Waals surface area contributed by atoms with Gasteiger partial charge >= 0.3 is 5.97 Å². The van der Waals surface area contributed by atoms with Crippen LogP contribution in [-0.4, -0.2) is 74.4 Å². The molecule has 0 radical (unpaired) electrons. The van der Waals surface area contributed by atoms with E-state index in [-0.39, 0.29) is 39.7 Å². The van der Waals surface area contributed by atoms with Gasteiger partial charge in [-0.25, -0.2) is 9.78 Å². The number of carboxylic acid groups (broad SMARTS) is 1. The van der Waals surface area contributed by atoms with Gasteiger partial charge in [0.25, 0.3) is 5.91 Å². The van der Waals surface area contributed by atoms with Crippen molar-refractivity contribution in [3.63, 3.8) is 0 Å². The normalized spacial score (nSPS) is 19.3. The average molecular weight is 772 g/mol. The molecule has 2 fully saturated rings. The first-order chi connectivity index (χ1) is 26.8. The summed E-state index contributed by atoms with van der Waals surface area (Å²) in [6.07, 6.45) is 2.33. The highest BCUT2D eigenvalue weighted by Crippen LogP contribution is 2.45. The Labute approximate surface area is 324 Å². The van der Waals surface area contributed by atoms with Gasteiger partial charge in [-0.05, 0) is 35.7 Å². The van der Waals surface area contributed by atoms with Gasteiger partial charge in [-0.1, -0.05) is 96.2 Å². The molecule has 3 aliphatic rings. The maximum atomic E-state index is 14.3. The molecular formula is C41H37N7O5S2. The van der Waals surface area contributed by atoms with Gasteiger partial charge in [0.15, 0.2) is 10.8 Å². The number of rotatable bonds is 11. The van der Waals surface area contributed by atoms with Gasteiger partial charge in [0.05, 0.1) is 11.4 Å². The number of nitrogens with zero attached hydrogens (tertiary/aromatic N) is 3. The standard InChI is InChI=1S/C41H37N7O5S2/c42-40-46-32(24-55-40)35(47-53-41(27-10-4-1-5-11-27,28-12-6-2-7-13-28)29-14-8-3-9-15-29)37(50)45-31-22-48-36(39(51)52)30(23-54-38(31)48)34(26-16-18-43-21-26)25-17-19-44-33(49)20-25/h1-15,17,19-20,24,31,38,43H,16,18,21-23H2,(H2,42,46)(H,44,49)(H,45,50)(H,51,52)/t31-,38-/m1/s1. The Bertz CT molecular complexity index is 2270. The zero-order valence-corrected chi connectivity index (χ0v) is 31.1. The number of oxime groups is 1. The molecule has 8 rings (SSSR count). The van der Waals surface area contributed by atoms with E-state index >= 15 is 0 Å². The highest BCUT2D eigenvalue weighted by Gasteiger charge is 2.48. The second kappa shape index (κ2) is 15.4. The van der Waals surface area contributed by atoms with Crippen LogP contribution in [0, 0.1) is 0 Å². The Kier molecular flexibility index (Phi) is 10.1. The van der Waals surface area contributed by atoms with Crippen LogP contribution in [0.2, 0.25) is 0 Å². The van der Waals surface area contributed by atoms with E-state index in [1.54, 1.807) is 29.4 Å². The Morgan fingerprint density at radius 2 is 1.64 bits per heavy atom. The number of allylic oxidation sites excluding steroid dienone is 1. The summed E-state index contributed by atoms with van der Waals surface area (Å²) < 4.78 is 0. The lowest BCUT2D eigenvalue weighted by Gasteiger charge is -2.52. The number of fused-ring (bicyclic) bond motifs is 1. The lowest BCUT2D eigenvalue weighted by Crippen LogP contribution is -2.67. The summed E-state index contributed by atoms with van der Waals surface area (Å²) in [7, 11) is 0. The third kappa shape index (κ3) is 6.95. The van der Waals surface area contributed by atoms with E-state index in [9.17, 15) is 19.5 Å². The average Bonchev–Trinajstić information content (AvgIpc) is 3.89. The Hall–Kier alpha value is -5.96. The molecule has 2 atom stereocenters. The maximum absolute atomic E-state index is 14.3. The minimum absolute atomic E-state index is 0.0656. The zero-order valence-electron chi connectivity index (χ0n) is 29.5. The van der Waals surface area contributed by atoms with E-state index in [2.05, 4.69) is 25.8 Å². The number of carboxylic acids is 1. The number of aromatic amines is 1. The van der Waals surface area contributed by atoms with Crippen molar-refractivity contribution < 1.29 is 19.5 Å². The zero-order chi connectivity index (χ0) is 37.9. The van der Waals surface area contributed by atoms with Crippen molar-refractivity contribution in [1.82, 2.24) is 25.5 Å². The number of nitrogens with one attached hydrogen (secondary N) is 3. The number of carbonyl (C=O) groups excluding carboxylic acids is 1. The first kappa shape index (κ1) is 36.0. The number of thiazole rings is 1. The molecule has 2 saturated heterocycles. The molecule has 5 heterocycles. The summed E-state index contributed by atoms with van der Waals surface area (Å²) in [6, 6.07) is 32.0. The number of carbonyl (C=O) groups is 2. The van der Waals surface area contributed by atoms with E-state index in [4.69, 9.17) is 10.6 Å². The molecule has 2 aromatic heterocycles. The molecule has 3 aromatic carbocycles. The van der Waals surface area contributed by atoms with E-state index in [0.717, 1.165) is 40.8 Å². The fraction of sp³-hybridized carbons (Fsp3) is 0.195. The predicted molar refractivity (Wildman–Crippen MR) is 214 cm³/mol. The first-order valence-corrected chi connectivity index (χ1v) is 19.7. The van der Waals surface area contributed by atoms with Crippen molar-refractivity contribution in [2.24, 2.45) is 5.16 Å². The number of nitrogen functional groups attached to an aromatic ring is 1. The van der Waals surface area contributed by atoms with Gasteiger partial charge in [0.1, 0.15) is 11.4 Å². The fourth-order valence-electron chi connectivity index (χ4n) is 7.48. The molecule has 5 aromatic rings. The number of aliphatic carboxylic acids is 1. The number of pyridine rings is 1. The van der Waals surface area contributed by atoms with Crippen molar-refractivity contribution in [2.75, 3.05) is 31.1 Å². The van der Waals surface area contributed by atoms with Crippen LogP contribution < -0.4 is 21.9 Å². The molecule has 14 heteroatoms. The van der Waals surface area contributed by atoms with Crippen LogP contribution in [0.1, 0.15) is 34.4 Å². The van der Waals surface area contributed by atoms with E-state index in [1.807, 2.05) is 95.9 Å². The first-order valence-electron chi connectivity index (χ1n) is 17.8. The smallest absolute Gasteiger partial charge is 0.352 e. The topological polar surface area (TPSA) is 175 Å². The highest BCUT2D eigenvalue weighted by atomic mass is 32.2. The number of aromatic nitrogens is 2. The fourth-order valence-corrected chi connectivity index (χ4v) is 9.40. The van der Waals surface area contributed by atoms with Crippen molar-refractivity contribution in [2.45, 2.75) is 23.4 Å². The van der Waals surface area contributed by atoms with Crippen LogP contribution in [-0.2, 0) is 20.0 Å². The lowest BCUT2D eigenvalue weighted by molar-refractivity contribution is -0.135. The van der Waals surface area contributed by atoms with Crippen LogP contribution in [0.4, 0.5) is 5.13 Å². The number of amides is 1. The molecule has 0 bridgehead atoms. The largest absolute Gasteiger partial charge is 0.477 e. The SMILES string of the molecule is Nc1nc(C(=NOC(c2ccccc2)(c2ccccc2)c2ccccc2)C(=O)N[C@@H]2CN3C(C(=O)O)=C(C(=C4CCNC4)c4cc[nH]c(=O)c4)CS[C@H]23)cs1. The second-order valence-electron chi connectivity index (χ2n) is 13.3. The lowest BCUT2D eigenvalue weighted by atomic mass is 9.80. The maximum Gasteiger partial charge on any atom is 0.352 e. The van der Waals surface area contributed by atoms with Crippen molar-refractivity contribution >= 4 is 51.4 Å². The van der Waals surface area contributed by atoms with E-state index in [0.29, 0.717) is 23.4 Å². The molecule has 6 N–H and O–H groups in total. The number of H-pyrrole nitrogens is 1. The number of thioether (sulfide) groups is 1. The van der Waals surface area contributed by atoms with Gasteiger partial charge < -0.3 is 36.2 Å². The van der Waals surface area contributed by atoms with Gasteiger partial charge in [-0.3, -0.25) is 9.59 Å². The van der Waals surface area contributed by atoms with Crippen LogP contribution >= 0.6 is 23.1 Å². The van der Waals surface area contributed by atoms with E-state index in [1.165, 1.54) is 17.4 Å². The van der Waals surface area contributed by atoms with Crippen molar-refractivity contribution in [3.8, 4) is 0 Å². The van der Waals surface area contributed by atoms with Crippen LogP contribution in [0.15, 0.2) is 141 Å². The highest BCUT2D eigenvalue weighted by molar-refractivity contribution is 8.00. The molecule has 1 amide bonds. The van der Waals surface area contributed by atoms with Gasteiger partial charge in [-0.2, -0.15) is 0 Å². The minimum Gasteiger partial charge on any atom is -0.477 e. The molecule has 0 saturated carbocycles. The third-order valence-corrected chi connectivity index (χ3v) is 12.0. The second-order valence-corrected chi connectivity index (χ2v) is 15.3. The van der Waals surface area contributed by atoms with Crippen molar-refractivity contribution in [3.05, 3.63) is 170 Å². The minimum atomic E-state index is -1.24. The van der Waals surface area contributed by atoms with Crippen molar-refractivity contribution in [1.29, 1.82) is 0 Å². The summed E-state index contributed by atoms with van der Waals surface area (Å²) >= 11 is 2.73. The molecule has 3 aliphatic heterocycles. The number of nitrogens with two attached hydrogens (primary N) is 1. The number of benzene rings is 3. The number of anilines is 1. The van der Waals surface area contributed by atoms with Gasteiger partial charge in [0, 0.05) is 58.7 Å². The quantitative estimate of drug-likeness (QED) is 0.0714. The predicted octanol–water partition coefficient (Wildman–Crippen LogP) is 4.79. The van der Waals surface area contributed by atoms with Crippen LogP contribution in [0.25, 0.3) is 5.57 Å². The molecule has 0 spiro atoms. The van der Waals surface area contributed by atoms with Crippen LogP contribution in [0.3, 0.4) is 0 Å². The van der Waals surface area contributed by atoms with Crippen LogP contribution in [0.5, 0.6) is 0 Å². The number of hydrogen-bond donors (Lipinski definition) is 5. The summed E-state index contributed by atoms with van der Waals surface area (Å²) in [5.41, 5.74) is 10.5. The summed E-state index contributed by atoms with van der Waals surface area (Å²) in [6.45, 7) is 1.63. The molecule has 12 nitrogen and oxygen atoms in total. The summed E-state index contributed by atoms with van der Waals surface area (Å²) in [5, 5.41) is 23.2. The molecule has 278 valence electrons. The van der Waals surface area contributed by atoms with E-state index < -0.39 is 23.5 Å². The third-order valence-electron chi connectivity index (χ3n) is 9.99. The summed E-state index contributed by atoms with van der Waals surface area (Å²) in [4.78, 5) is 55.2.